The molecule has 0 saturated carbocycles. The second-order valence-electron chi connectivity index (χ2n) is 4.09. The number of carbonyl (C=O) groups is 2. The van der Waals surface area contributed by atoms with E-state index in [0.29, 0.717) is 26.1 Å². The molecular weight excluding hydrogens is 220 g/mol. The Morgan fingerprint density at radius 1 is 1.06 bits per heavy atom. The number of carbonyl (C=O) groups excluding carboxylic acids is 2. The average molecular weight is 244 g/mol. The summed E-state index contributed by atoms with van der Waals surface area (Å²) in [5, 5.41) is 0. The Morgan fingerprint density at radius 3 is 2.18 bits per heavy atom. The molecule has 0 radical (unpaired) electrons. The SMILES string of the molecule is CCOC(=O)CCN(CCN(C)C)C(=O)CC. The minimum absolute atomic E-state index is 0.0798. The predicted octanol–water partition coefficient (Wildman–Crippen LogP) is 0.740. The maximum atomic E-state index is 11.7. The Morgan fingerprint density at radius 2 is 1.71 bits per heavy atom. The number of hydrogen-bond donors (Lipinski definition) is 0. The first-order valence-electron chi connectivity index (χ1n) is 6.09. The summed E-state index contributed by atoms with van der Waals surface area (Å²) in [6, 6.07) is 0. The second kappa shape index (κ2) is 8.98. The molecule has 100 valence electrons. The largest absolute Gasteiger partial charge is 0.466 e. The molecular formula is C12H24N2O3. The van der Waals surface area contributed by atoms with E-state index in [1.165, 1.54) is 0 Å². The average Bonchev–Trinajstić information content (AvgIpc) is 2.28. The number of nitrogens with zero attached hydrogens (tertiary/aromatic N) is 2. The predicted molar refractivity (Wildman–Crippen MR) is 66.7 cm³/mol. The van der Waals surface area contributed by atoms with Gasteiger partial charge >= 0.3 is 5.97 Å². The van der Waals surface area contributed by atoms with Gasteiger partial charge < -0.3 is 14.5 Å². The topological polar surface area (TPSA) is 49.9 Å². The maximum absolute atomic E-state index is 11.7. The molecule has 17 heavy (non-hydrogen) atoms. The fourth-order valence-corrected chi connectivity index (χ4v) is 1.36. The molecule has 0 fully saturated rings. The summed E-state index contributed by atoms with van der Waals surface area (Å²) in [6.07, 6.45) is 0.739. The van der Waals surface area contributed by atoms with Crippen molar-refractivity contribution in [2.24, 2.45) is 0 Å². The zero-order valence-corrected chi connectivity index (χ0v) is 11.4. The number of amides is 1. The minimum atomic E-state index is -0.244. The molecule has 5 heteroatoms. The second-order valence-corrected chi connectivity index (χ2v) is 4.09. The quantitative estimate of drug-likeness (QED) is 0.591. The van der Waals surface area contributed by atoms with Crippen LogP contribution in [0.15, 0.2) is 0 Å². The van der Waals surface area contributed by atoms with Crippen LogP contribution >= 0.6 is 0 Å². The van der Waals surface area contributed by atoms with E-state index in [4.69, 9.17) is 4.74 Å². The van der Waals surface area contributed by atoms with Crippen LogP contribution in [0.2, 0.25) is 0 Å². The summed E-state index contributed by atoms with van der Waals surface area (Å²) in [5.41, 5.74) is 0. The number of hydrogen-bond acceptors (Lipinski definition) is 4. The van der Waals surface area contributed by atoms with Crippen LogP contribution in [0.25, 0.3) is 0 Å². The smallest absolute Gasteiger partial charge is 0.307 e. The Kier molecular flexibility index (Phi) is 8.40. The molecule has 0 saturated heterocycles. The van der Waals surface area contributed by atoms with Gasteiger partial charge in [0.05, 0.1) is 13.0 Å². The molecule has 0 aromatic carbocycles. The lowest BCUT2D eigenvalue weighted by Crippen LogP contribution is -2.37. The van der Waals surface area contributed by atoms with Crippen molar-refractivity contribution in [2.75, 3.05) is 40.3 Å². The molecule has 0 heterocycles. The monoisotopic (exact) mass is 244 g/mol. The van der Waals surface area contributed by atoms with Crippen molar-refractivity contribution in [1.29, 1.82) is 0 Å². The summed E-state index contributed by atoms with van der Waals surface area (Å²) < 4.78 is 4.84. The summed E-state index contributed by atoms with van der Waals surface area (Å²) in [7, 11) is 3.92. The van der Waals surface area contributed by atoms with Crippen molar-refractivity contribution in [2.45, 2.75) is 26.7 Å². The molecule has 0 aromatic heterocycles. The molecule has 0 aliphatic rings. The fourth-order valence-electron chi connectivity index (χ4n) is 1.36. The molecule has 0 unspecified atom stereocenters. The lowest BCUT2D eigenvalue weighted by Gasteiger charge is -2.23. The van der Waals surface area contributed by atoms with Gasteiger partial charge in [-0.15, -0.1) is 0 Å². The van der Waals surface area contributed by atoms with Gasteiger partial charge in [0.25, 0.3) is 0 Å². The van der Waals surface area contributed by atoms with E-state index < -0.39 is 0 Å². The highest BCUT2D eigenvalue weighted by Gasteiger charge is 2.13. The Labute approximate surface area is 104 Å². The third-order valence-electron chi connectivity index (χ3n) is 2.36. The minimum Gasteiger partial charge on any atom is -0.466 e. The highest BCUT2D eigenvalue weighted by Crippen LogP contribution is 1.98. The highest BCUT2D eigenvalue weighted by atomic mass is 16.5. The van der Waals surface area contributed by atoms with Gasteiger partial charge in [-0.3, -0.25) is 9.59 Å². The van der Waals surface area contributed by atoms with Crippen LogP contribution in [0.3, 0.4) is 0 Å². The third kappa shape index (κ3) is 7.74. The van der Waals surface area contributed by atoms with Gasteiger partial charge in [-0.05, 0) is 21.0 Å². The van der Waals surface area contributed by atoms with Gasteiger partial charge in [0, 0.05) is 26.1 Å². The van der Waals surface area contributed by atoms with E-state index in [9.17, 15) is 9.59 Å². The van der Waals surface area contributed by atoms with Gasteiger partial charge in [0.2, 0.25) is 5.91 Å². The Hall–Kier alpha value is -1.10. The first kappa shape index (κ1) is 15.9. The maximum Gasteiger partial charge on any atom is 0.307 e. The Bertz CT molecular complexity index is 242. The van der Waals surface area contributed by atoms with Gasteiger partial charge in [-0.25, -0.2) is 0 Å². The third-order valence-corrected chi connectivity index (χ3v) is 2.36. The first-order chi connectivity index (χ1) is 8.01. The number of esters is 1. The van der Waals surface area contributed by atoms with Crippen LogP contribution in [0.4, 0.5) is 0 Å². The van der Waals surface area contributed by atoms with E-state index in [-0.39, 0.29) is 18.3 Å². The molecule has 0 bridgehead atoms. The van der Waals surface area contributed by atoms with Gasteiger partial charge in [0.15, 0.2) is 0 Å². The van der Waals surface area contributed by atoms with Gasteiger partial charge in [-0.1, -0.05) is 6.92 Å². The van der Waals surface area contributed by atoms with E-state index >= 15 is 0 Å². The van der Waals surface area contributed by atoms with E-state index in [1.54, 1.807) is 11.8 Å². The molecule has 0 spiro atoms. The molecule has 0 aliphatic carbocycles. The summed E-state index contributed by atoms with van der Waals surface area (Å²) >= 11 is 0. The van der Waals surface area contributed by atoms with Crippen LogP contribution in [0.5, 0.6) is 0 Å². The molecule has 5 nitrogen and oxygen atoms in total. The fraction of sp³-hybridized carbons (Fsp3) is 0.833. The van der Waals surface area contributed by atoms with Crippen molar-refractivity contribution in [3.63, 3.8) is 0 Å². The van der Waals surface area contributed by atoms with Gasteiger partial charge in [-0.2, -0.15) is 0 Å². The van der Waals surface area contributed by atoms with Crippen molar-refractivity contribution in [3.05, 3.63) is 0 Å². The summed E-state index contributed by atoms with van der Waals surface area (Å²) in [4.78, 5) is 26.6. The first-order valence-corrected chi connectivity index (χ1v) is 6.09. The highest BCUT2D eigenvalue weighted by molar-refractivity contribution is 5.77. The van der Waals surface area contributed by atoms with E-state index in [2.05, 4.69) is 0 Å². The normalized spacial score (nSPS) is 10.4. The lowest BCUT2D eigenvalue weighted by molar-refractivity contribution is -0.144. The molecule has 1 amide bonds. The van der Waals surface area contributed by atoms with Crippen molar-refractivity contribution in [1.82, 2.24) is 9.80 Å². The molecule has 0 N–H and O–H groups in total. The standard InChI is InChI=1S/C12H24N2O3/c1-5-11(15)14(10-9-13(3)4)8-7-12(16)17-6-2/h5-10H2,1-4H3. The van der Waals surface area contributed by atoms with Crippen molar-refractivity contribution < 1.29 is 14.3 Å². The number of ether oxygens (including phenoxy) is 1. The molecule has 0 rings (SSSR count). The number of rotatable bonds is 8. The van der Waals surface area contributed by atoms with Crippen molar-refractivity contribution in [3.8, 4) is 0 Å². The van der Waals surface area contributed by atoms with E-state index in [0.717, 1.165) is 6.54 Å². The number of likely N-dealkylation sites (N-methyl/N-ethyl adjacent to an activating group) is 1. The van der Waals surface area contributed by atoms with Crippen molar-refractivity contribution >= 4 is 11.9 Å². The molecule has 0 aliphatic heterocycles. The summed E-state index contributed by atoms with van der Waals surface area (Å²) in [5.74, 6) is -0.164. The Balaban J connectivity index is 4.10. The lowest BCUT2D eigenvalue weighted by atomic mass is 10.3. The van der Waals surface area contributed by atoms with Crippen LogP contribution < -0.4 is 0 Å². The van der Waals surface area contributed by atoms with Crippen LogP contribution in [-0.2, 0) is 14.3 Å². The zero-order chi connectivity index (χ0) is 13.3. The molecule has 0 atom stereocenters. The van der Waals surface area contributed by atoms with Crippen LogP contribution in [0.1, 0.15) is 26.7 Å². The zero-order valence-electron chi connectivity index (χ0n) is 11.4. The molecule has 0 aromatic rings. The van der Waals surface area contributed by atoms with Gasteiger partial charge in [0.1, 0.15) is 0 Å². The van der Waals surface area contributed by atoms with Crippen LogP contribution in [-0.4, -0.2) is 62.0 Å². The summed E-state index contributed by atoms with van der Waals surface area (Å²) in [6.45, 7) is 5.89. The van der Waals surface area contributed by atoms with Crippen LogP contribution in [0, 0.1) is 0 Å². The van der Waals surface area contributed by atoms with E-state index in [1.807, 2.05) is 25.9 Å².